The molecule has 238 valence electrons. The fourth-order valence-corrected chi connectivity index (χ4v) is 7.31. The molecule has 2 fully saturated rings. The molecule has 0 aromatic heterocycles. The average Bonchev–Trinajstić information content (AvgIpc) is 3.68. The monoisotopic (exact) mass is 620 g/mol. The van der Waals surface area contributed by atoms with Gasteiger partial charge in [0.05, 0.1) is 17.8 Å². The van der Waals surface area contributed by atoms with Crippen LogP contribution in [-0.4, -0.2) is 89.1 Å². The van der Waals surface area contributed by atoms with Crippen LogP contribution in [0.2, 0.25) is 0 Å². The van der Waals surface area contributed by atoms with Crippen molar-refractivity contribution < 1.29 is 44.3 Å². The van der Waals surface area contributed by atoms with Gasteiger partial charge < -0.3 is 45.5 Å². The van der Waals surface area contributed by atoms with Crippen molar-refractivity contribution in [1.82, 2.24) is 20.4 Å². The maximum Gasteiger partial charge on any atom is 0.278 e. The molecular formula is C29H43N5O8P-. The zero-order valence-electron chi connectivity index (χ0n) is 24.7. The van der Waals surface area contributed by atoms with Crippen LogP contribution in [0.5, 0.6) is 0 Å². The van der Waals surface area contributed by atoms with Gasteiger partial charge in [0, 0.05) is 26.9 Å². The highest BCUT2D eigenvalue weighted by molar-refractivity contribution is 7.57. The van der Waals surface area contributed by atoms with Crippen LogP contribution in [-0.2, 0) is 35.0 Å². The van der Waals surface area contributed by atoms with Gasteiger partial charge in [0.2, 0.25) is 17.7 Å². The van der Waals surface area contributed by atoms with Crippen LogP contribution in [0.25, 0.3) is 0 Å². The normalized spacial score (nSPS) is 21.1. The number of hydrogen-bond donors (Lipinski definition) is 3. The van der Waals surface area contributed by atoms with Crippen LogP contribution < -0.4 is 26.4 Å². The summed E-state index contributed by atoms with van der Waals surface area (Å²) in [5, 5.41) is 16.6. The van der Waals surface area contributed by atoms with Crippen molar-refractivity contribution in [2.75, 3.05) is 25.8 Å². The van der Waals surface area contributed by atoms with Gasteiger partial charge in [0.1, 0.15) is 12.1 Å². The van der Waals surface area contributed by atoms with E-state index in [2.05, 4.69) is 16.4 Å². The van der Waals surface area contributed by atoms with Gasteiger partial charge in [-0.05, 0) is 50.3 Å². The highest BCUT2D eigenvalue weighted by Gasteiger charge is 2.38. The summed E-state index contributed by atoms with van der Waals surface area (Å²) in [5.41, 5.74) is 4.27. The Bertz CT molecular complexity index is 1200. The first kappa shape index (κ1) is 34.2. The van der Waals surface area contributed by atoms with E-state index in [1.165, 1.54) is 9.80 Å². The SMILES string of the molecule is CCCCC(NC(=O)[C@@H]1CCCN1C(=O)CCP(=O)([O-])[C@H](Cc1ccccc1)NC(=O)[C@@H]1CCCN1C(=O)C[NH3+])C(=O)[O-]. The number of carbonyl (C=O) groups is 5. The van der Waals surface area contributed by atoms with Gasteiger partial charge in [-0.3, -0.25) is 19.2 Å². The molecular weight excluding hydrogens is 577 g/mol. The second kappa shape index (κ2) is 16.0. The van der Waals surface area contributed by atoms with E-state index in [1.54, 1.807) is 30.3 Å². The fourth-order valence-electron chi connectivity index (χ4n) is 5.68. The molecule has 0 aliphatic carbocycles. The van der Waals surface area contributed by atoms with Crippen LogP contribution in [0.3, 0.4) is 0 Å². The van der Waals surface area contributed by atoms with Gasteiger partial charge in [-0.15, -0.1) is 0 Å². The van der Waals surface area contributed by atoms with E-state index in [0.29, 0.717) is 44.2 Å². The third-order valence-corrected chi connectivity index (χ3v) is 10.2. The van der Waals surface area contributed by atoms with Gasteiger partial charge in [-0.1, -0.05) is 50.1 Å². The molecule has 2 aliphatic heterocycles. The molecule has 2 heterocycles. The first-order valence-corrected chi connectivity index (χ1v) is 16.9. The van der Waals surface area contributed by atoms with Crippen molar-refractivity contribution in [3.8, 4) is 0 Å². The number of benzene rings is 1. The summed E-state index contributed by atoms with van der Waals surface area (Å²) in [5.74, 6) is -4.70. The van der Waals surface area contributed by atoms with Crippen LogP contribution in [0.1, 0.15) is 63.9 Å². The van der Waals surface area contributed by atoms with E-state index in [9.17, 15) is 38.5 Å². The lowest BCUT2D eigenvalue weighted by Crippen LogP contribution is -2.60. The summed E-state index contributed by atoms with van der Waals surface area (Å²) in [6.45, 7) is 2.52. The number of carboxylic acids is 1. The van der Waals surface area contributed by atoms with Crippen molar-refractivity contribution in [2.24, 2.45) is 0 Å². The van der Waals surface area contributed by atoms with Crippen LogP contribution in [0.4, 0.5) is 0 Å². The number of amides is 4. The van der Waals surface area contributed by atoms with Crippen molar-refractivity contribution in [3.05, 3.63) is 35.9 Å². The minimum atomic E-state index is -4.43. The highest BCUT2D eigenvalue weighted by Crippen LogP contribution is 2.43. The van der Waals surface area contributed by atoms with E-state index in [1.807, 2.05) is 6.92 Å². The van der Waals surface area contributed by atoms with Crippen LogP contribution in [0.15, 0.2) is 30.3 Å². The summed E-state index contributed by atoms with van der Waals surface area (Å²) in [7, 11) is -4.43. The zero-order valence-corrected chi connectivity index (χ0v) is 25.6. The molecule has 0 radical (unpaired) electrons. The molecule has 0 spiro atoms. The number of carboxylic acid groups (broad SMARTS) is 1. The number of aliphatic carboxylic acids is 1. The van der Waals surface area contributed by atoms with Gasteiger partial charge in [0.25, 0.3) is 5.91 Å². The molecule has 14 heteroatoms. The molecule has 2 unspecified atom stereocenters. The van der Waals surface area contributed by atoms with E-state index in [-0.39, 0.29) is 31.8 Å². The second-order valence-corrected chi connectivity index (χ2v) is 13.7. The molecule has 1 aromatic carbocycles. The largest absolute Gasteiger partial charge is 0.798 e. The predicted molar refractivity (Wildman–Crippen MR) is 153 cm³/mol. The number of rotatable bonds is 15. The van der Waals surface area contributed by atoms with Gasteiger partial charge >= 0.3 is 0 Å². The zero-order chi connectivity index (χ0) is 31.6. The predicted octanol–water partition coefficient (Wildman–Crippen LogP) is -1.65. The quantitative estimate of drug-likeness (QED) is 0.193. The standard InChI is InChI=1S/C29H44N5O8P/c1-2-3-11-21(29(39)40)31-27(37)22-12-7-15-33(22)25(35)14-17-43(41,42)24(18-20-9-5-4-6-10-20)32-28(38)23-13-8-16-34(23)26(36)19-30/h4-6,9-10,21-24H,2-3,7-8,11-19,30H2,1H3,(H,31,37)(H,32,38)(H,39,40)(H,41,42)/p-1/t21?,22-,23-,24+/m0/s1. The minimum absolute atomic E-state index is 0.0124. The molecule has 0 bridgehead atoms. The Kier molecular flexibility index (Phi) is 12.7. The molecule has 0 saturated carbocycles. The number of likely N-dealkylation sites (tertiary alicyclic amines) is 2. The molecule has 4 amide bonds. The second-order valence-electron chi connectivity index (χ2n) is 11.2. The Balaban J connectivity index is 1.69. The molecule has 2 aliphatic rings. The first-order valence-electron chi connectivity index (χ1n) is 15.0. The molecule has 5 N–H and O–H groups in total. The third kappa shape index (κ3) is 9.35. The molecule has 43 heavy (non-hydrogen) atoms. The summed E-state index contributed by atoms with van der Waals surface area (Å²) in [6, 6.07) is 5.92. The maximum atomic E-state index is 13.6. The van der Waals surface area contributed by atoms with Gasteiger partial charge in [-0.2, -0.15) is 0 Å². The van der Waals surface area contributed by atoms with Gasteiger partial charge in [0.15, 0.2) is 6.54 Å². The average molecular weight is 621 g/mol. The molecule has 2 saturated heterocycles. The van der Waals surface area contributed by atoms with Crippen LogP contribution in [0, 0.1) is 0 Å². The van der Waals surface area contributed by atoms with E-state index in [0.717, 1.165) is 6.42 Å². The van der Waals surface area contributed by atoms with Crippen molar-refractivity contribution >= 4 is 37.0 Å². The summed E-state index contributed by atoms with van der Waals surface area (Å²) < 4.78 is 13.6. The smallest absolute Gasteiger partial charge is 0.278 e. The Labute approximate surface area is 252 Å². The molecule has 3 rings (SSSR count). The lowest BCUT2D eigenvalue weighted by molar-refractivity contribution is -0.357. The topological polar surface area (TPSA) is 207 Å². The summed E-state index contributed by atoms with van der Waals surface area (Å²) >= 11 is 0. The molecule has 5 atom stereocenters. The maximum absolute atomic E-state index is 13.6. The third-order valence-electron chi connectivity index (χ3n) is 8.11. The number of quaternary nitrogens is 1. The number of unbranched alkanes of at least 4 members (excludes halogenated alkanes) is 1. The van der Waals surface area contributed by atoms with E-state index in [4.69, 9.17) is 0 Å². The Morgan fingerprint density at radius 2 is 1.56 bits per heavy atom. The molecule has 13 nitrogen and oxygen atoms in total. The Morgan fingerprint density at radius 1 is 0.977 bits per heavy atom. The number of nitrogens with one attached hydrogen (secondary N) is 2. The minimum Gasteiger partial charge on any atom is -0.798 e. The lowest BCUT2D eigenvalue weighted by Gasteiger charge is -2.35. The Morgan fingerprint density at radius 3 is 2.12 bits per heavy atom. The van der Waals surface area contributed by atoms with Crippen molar-refractivity contribution in [2.45, 2.75) is 88.6 Å². The Hall–Kier alpha value is -3.28. The first-order chi connectivity index (χ1) is 20.5. The van der Waals surface area contributed by atoms with Gasteiger partial charge in [-0.25, -0.2) is 0 Å². The van der Waals surface area contributed by atoms with E-state index >= 15 is 0 Å². The number of carbonyl (C=O) groups excluding carboxylic acids is 5. The molecule has 1 aromatic rings. The summed E-state index contributed by atoms with van der Waals surface area (Å²) in [4.78, 5) is 79.4. The highest BCUT2D eigenvalue weighted by atomic mass is 31.2. The van der Waals surface area contributed by atoms with Crippen LogP contribution >= 0.6 is 7.37 Å². The van der Waals surface area contributed by atoms with Crippen molar-refractivity contribution in [3.63, 3.8) is 0 Å². The van der Waals surface area contributed by atoms with E-state index < -0.39 is 67.6 Å². The number of nitrogens with zero attached hydrogens (tertiary/aromatic N) is 2. The summed E-state index contributed by atoms with van der Waals surface area (Å²) in [6.07, 6.45) is 2.43. The fraction of sp³-hybridized carbons (Fsp3) is 0.621. The lowest BCUT2D eigenvalue weighted by atomic mass is 10.1. The van der Waals surface area contributed by atoms with Crippen molar-refractivity contribution in [1.29, 1.82) is 0 Å². The number of hydrogen-bond acceptors (Lipinski definition) is 8.